The average molecular weight is 335 g/mol. The molecule has 7 heteroatoms. The topological polar surface area (TPSA) is 69.7 Å². The summed E-state index contributed by atoms with van der Waals surface area (Å²) in [4.78, 5) is 20.8. The summed E-state index contributed by atoms with van der Waals surface area (Å²) in [6, 6.07) is 1.85. The quantitative estimate of drug-likeness (QED) is 0.641. The third kappa shape index (κ3) is 6.82. The van der Waals surface area contributed by atoms with Crippen molar-refractivity contribution in [2.75, 3.05) is 71.9 Å². The summed E-state index contributed by atoms with van der Waals surface area (Å²) in [5.74, 6) is -0.0762. The van der Waals surface area contributed by atoms with E-state index in [1.165, 1.54) is 0 Å². The Balaban J connectivity index is 1.72. The highest BCUT2D eigenvalue weighted by molar-refractivity contribution is 5.94. The number of pyridine rings is 1. The number of rotatable bonds is 9. The molecule has 2 rings (SSSR count). The van der Waals surface area contributed by atoms with Gasteiger partial charge in [0.05, 0.1) is 24.5 Å². The van der Waals surface area contributed by atoms with E-state index in [2.05, 4.69) is 39.5 Å². The number of morpholine rings is 1. The number of ether oxygens (including phenoxy) is 1. The molecule has 0 spiro atoms. The molecular weight excluding hydrogens is 306 g/mol. The number of nitrogens with zero attached hydrogens (tertiary/aromatic N) is 3. The van der Waals surface area contributed by atoms with E-state index in [-0.39, 0.29) is 5.91 Å². The second-order valence-corrected chi connectivity index (χ2v) is 6.26. The number of aromatic nitrogens is 1. The Kier molecular flexibility index (Phi) is 7.94. The summed E-state index contributed by atoms with van der Waals surface area (Å²) in [5, 5.41) is 6.27. The molecular formula is C17H29N5O2. The average Bonchev–Trinajstić information content (AvgIpc) is 2.60. The van der Waals surface area contributed by atoms with Crippen LogP contribution >= 0.6 is 0 Å². The number of hydrogen-bond acceptors (Lipinski definition) is 6. The van der Waals surface area contributed by atoms with Crippen molar-refractivity contribution < 1.29 is 9.53 Å². The lowest BCUT2D eigenvalue weighted by Crippen LogP contribution is -2.41. The lowest BCUT2D eigenvalue weighted by atomic mass is 10.2. The summed E-state index contributed by atoms with van der Waals surface area (Å²) in [5.41, 5.74) is 1.48. The Morgan fingerprint density at radius 1 is 1.29 bits per heavy atom. The van der Waals surface area contributed by atoms with Crippen LogP contribution in [0.5, 0.6) is 0 Å². The number of carbonyl (C=O) groups is 1. The lowest BCUT2D eigenvalue weighted by Gasteiger charge is -2.26. The van der Waals surface area contributed by atoms with Gasteiger partial charge < -0.3 is 20.3 Å². The van der Waals surface area contributed by atoms with E-state index in [1.807, 2.05) is 6.07 Å². The highest BCUT2D eigenvalue weighted by atomic mass is 16.5. The van der Waals surface area contributed by atoms with E-state index in [0.29, 0.717) is 12.1 Å². The maximum absolute atomic E-state index is 12.2. The molecule has 134 valence electrons. The van der Waals surface area contributed by atoms with Gasteiger partial charge in [-0.05, 0) is 33.1 Å². The summed E-state index contributed by atoms with van der Waals surface area (Å²) >= 11 is 0. The molecule has 0 unspecified atom stereocenters. The van der Waals surface area contributed by atoms with Gasteiger partial charge in [0.2, 0.25) is 0 Å². The summed E-state index contributed by atoms with van der Waals surface area (Å²) < 4.78 is 5.32. The van der Waals surface area contributed by atoms with Crippen molar-refractivity contribution in [2.24, 2.45) is 0 Å². The first-order valence-corrected chi connectivity index (χ1v) is 8.57. The van der Waals surface area contributed by atoms with E-state index >= 15 is 0 Å². The van der Waals surface area contributed by atoms with Gasteiger partial charge >= 0.3 is 0 Å². The second kappa shape index (κ2) is 10.2. The predicted octanol–water partition coefficient (Wildman–Crippen LogP) is 0.507. The van der Waals surface area contributed by atoms with Crippen LogP contribution in [0.15, 0.2) is 18.5 Å². The highest BCUT2D eigenvalue weighted by Gasteiger charge is 2.11. The summed E-state index contributed by atoms with van der Waals surface area (Å²) in [7, 11) is 4.12. The normalized spacial score (nSPS) is 15.5. The van der Waals surface area contributed by atoms with E-state index in [0.717, 1.165) is 58.0 Å². The molecule has 0 radical (unpaired) electrons. The third-order valence-electron chi connectivity index (χ3n) is 3.93. The van der Waals surface area contributed by atoms with Gasteiger partial charge in [-0.2, -0.15) is 0 Å². The fourth-order valence-electron chi connectivity index (χ4n) is 2.54. The predicted molar refractivity (Wildman–Crippen MR) is 95.5 cm³/mol. The van der Waals surface area contributed by atoms with Crippen LogP contribution in [0, 0.1) is 0 Å². The number of hydrogen-bond donors (Lipinski definition) is 2. The van der Waals surface area contributed by atoms with Gasteiger partial charge in [-0.1, -0.05) is 0 Å². The van der Waals surface area contributed by atoms with E-state index in [1.54, 1.807) is 12.4 Å². The Morgan fingerprint density at radius 3 is 2.83 bits per heavy atom. The fraction of sp³-hybridized carbons (Fsp3) is 0.647. The molecule has 1 amide bonds. The Morgan fingerprint density at radius 2 is 2.08 bits per heavy atom. The first-order chi connectivity index (χ1) is 11.6. The maximum atomic E-state index is 12.2. The van der Waals surface area contributed by atoms with Gasteiger partial charge in [-0.3, -0.25) is 14.7 Å². The van der Waals surface area contributed by atoms with Gasteiger partial charge in [0.25, 0.3) is 5.91 Å². The van der Waals surface area contributed by atoms with E-state index < -0.39 is 0 Å². The molecule has 7 nitrogen and oxygen atoms in total. The van der Waals surface area contributed by atoms with Crippen LogP contribution in [0.3, 0.4) is 0 Å². The molecule has 1 aliphatic heterocycles. The number of carbonyl (C=O) groups excluding carboxylic acids is 1. The SMILES string of the molecule is CN(C)CCCNc1cncc(C(=O)NCCN2CCOCC2)c1. The van der Waals surface area contributed by atoms with Crippen molar-refractivity contribution in [2.45, 2.75) is 6.42 Å². The molecule has 0 aromatic carbocycles. The number of nitrogens with one attached hydrogen (secondary N) is 2. The van der Waals surface area contributed by atoms with Gasteiger partial charge in [-0.25, -0.2) is 0 Å². The Hall–Kier alpha value is -1.70. The minimum atomic E-state index is -0.0762. The molecule has 1 aromatic heterocycles. The van der Waals surface area contributed by atoms with Crippen LogP contribution in [-0.4, -0.2) is 87.3 Å². The van der Waals surface area contributed by atoms with Crippen LogP contribution < -0.4 is 10.6 Å². The van der Waals surface area contributed by atoms with Crippen LogP contribution in [0.2, 0.25) is 0 Å². The van der Waals surface area contributed by atoms with Crippen molar-refractivity contribution in [1.29, 1.82) is 0 Å². The molecule has 1 aliphatic rings. The van der Waals surface area contributed by atoms with Gasteiger partial charge in [0.15, 0.2) is 0 Å². The molecule has 1 fully saturated rings. The van der Waals surface area contributed by atoms with Gasteiger partial charge in [-0.15, -0.1) is 0 Å². The molecule has 0 saturated carbocycles. The summed E-state index contributed by atoms with van der Waals surface area (Å²) in [6.07, 6.45) is 4.40. The fourth-order valence-corrected chi connectivity index (χ4v) is 2.54. The second-order valence-electron chi connectivity index (χ2n) is 6.26. The minimum absolute atomic E-state index is 0.0762. The van der Waals surface area contributed by atoms with Gasteiger partial charge in [0, 0.05) is 45.1 Å². The third-order valence-corrected chi connectivity index (χ3v) is 3.93. The van der Waals surface area contributed by atoms with E-state index in [9.17, 15) is 4.79 Å². The first-order valence-electron chi connectivity index (χ1n) is 8.57. The molecule has 2 N–H and O–H groups in total. The highest BCUT2D eigenvalue weighted by Crippen LogP contribution is 2.08. The first kappa shape index (κ1) is 18.6. The lowest BCUT2D eigenvalue weighted by molar-refractivity contribution is 0.0383. The largest absolute Gasteiger partial charge is 0.384 e. The van der Waals surface area contributed by atoms with Crippen molar-refractivity contribution in [3.63, 3.8) is 0 Å². The molecule has 2 heterocycles. The number of amides is 1. The van der Waals surface area contributed by atoms with Crippen LogP contribution in [0.1, 0.15) is 16.8 Å². The standard InChI is InChI=1S/C17H29N5O2/c1-21(2)6-3-4-19-16-12-15(13-18-14-16)17(23)20-5-7-22-8-10-24-11-9-22/h12-14,19H,3-11H2,1-2H3,(H,20,23). The Labute approximate surface area is 144 Å². The van der Waals surface area contributed by atoms with E-state index in [4.69, 9.17) is 4.74 Å². The molecule has 0 atom stereocenters. The molecule has 1 aromatic rings. The molecule has 24 heavy (non-hydrogen) atoms. The van der Waals surface area contributed by atoms with Crippen LogP contribution in [-0.2, 0) is 4.74 Å². The zero-order valence-electron chi connectivity index (χ0n) is 14.8. The van der Waals surface area contributed by atoms with Crippen molar-refractivity contribution >= 4 is 11.6 Å². The Bertz CT molecular complexity index is 504. The molecule has 0 bridgehead atoms. The van der Waals surface area contributed by atoms with Crippen molar-refractivity contribution in [3.05, 3.63) is 24.0 Å². The monoisotopic (exact) mass is 335 g/mol. The zero-order valence-corrected chi connectivity index (χ0v) is 14.8. The van der Waals surface area contributed by atoms with Gasteiger partial charge in [0.1, 0.15) is 0 Å². The minimum Gasteiger partial charge on any atom is -0.384 e. The van der Waals surface area contributed by atoms with Crippen LogP contribution in [0.4, 0.5) is 5.69 Å². The maximum Gasteiger partial charge on any atom is 0.252 e. The van der Waals surface area contributed by atoms with Crippen molar-refractivity contribution in [3.8, 4) is 0 Å². The summed E-state index contributed by atoms with van der Waals surface area (Å²) in [6.45, 7) is 6.81. The van der Waals surface area contributed by atoms with Crippen LogP contribution in [0.25, 0.3) is 0 Å². The number of anilines is 1. The zero-order chi connectivity index (χ0) is 17.2. The molecule has 0 aliphatic carbocycles. The van der Waals surface area contributed by atoms with Crippen molar-refractivity contribution in [1.82, 2.24) is 20.1 Å². The smallest absolute Gasteiger partial charge is 0.252 e. The molecule has 1 saturated heterocycles.